The lowest BCUT2D eigenvalue weighted by Crippen LogP contribution is -2.28. The molecule has 0 saturated carbocycles. The van der Waals surface area contributed by atoms with E-state index in [1.165, 1.54) is 6.08 Å². The van der Waals surface area contributed by atoms with Gasteiger partial charge in [-0.2, -0.15) is 0 Å². The fourth-order valence-corrected chi connectivity index (χ4v) is 0.795. The van der Waals surface area contributed by atoms with Gasteiger partial charge in [-0.15, -0.1) is 0 Å². The van der Waals surface area contributed by atoms with Crippen molar-refractivity contribution in [3.63, 3.8) is 0 Å². The minimum atomic E-state index is -0.374. The summed E-state index contributed by atoms with van der Waals surface area (Å²) in [4.78, 5) is 9.85. The molecule has 0 bridgehead atoms. The van der Waals surface area contributed by atoms with Crippen LogP contribution in [0.3, 0.4) is 0 Å². The smallest absolute Gasteiger partial charge is 0.267 e. The van der Waals surface area contributed by atoms with Crippen LogP contribution in [0.15, 0.2) is 24.0 Å². The van der Waals surface area contributed by atoms with Crippen LogP contribution in [0.1, 0.15) is 6.92 Å². The quantitative estimate of drug-likeness (QED) is 0.429. The van der Waals surface area contributed by atoms with Gasteiger partial charge >= 0.3 is 0 Å². The first-order valence-corrected chi connectivity index (χ1v) is 2.99. The van der Waals surface area contributed by atoms with Crippen LogP contribution in [0.25, 0.3) is 0 Å². The topological polar surface area (TPSA) is 55.2 Å². The van der Waals surface area contributed by atoms with Crippen molar-refractivity contribution in [1.29, 1.82) is 0 Å². The number of nitrogens with one attached hydrogen (secondary N) is 1. The lowest BCUT2D eigenvalue weighted by atomic mass is 10.2. The predicted molar refractivity (Wildman–Crippen MR) is 36.8 cm³/mol. The molecule has 0 aliphatic carbocycles. The Hall–Kier alpha value is -1.32. The Labute approximate surface area is 58.4 Å². The molecule has 0 saturated heterocycles. The molecular weight excluding hydrogens is 132 g/mol. The zero-order chi connectivity index (χ0) is 7.56. The highest BCUT2D eigenvalue weighted by molar-refractivity contribution is 5.16. The third-order valence-corrected chi connectivity index (χ3v) is 1.36. The van der Waals surface area contributed by atoms with Crippen LogP contribution in [0, 0.1) is 10.1 Å². The van der Waals surface area contributed by atoms with Gasteiger partial charge in [-0.05, 0) is 19.2 Å². The van der Waals surface area contributed by atoms with Gasteiger partial charge in [0.2, 0.25) is 0 Å². The molecule has 54 valence electrons. The van der Waals surface area contributed by atoms with E-state index in [1.807, 2.05) is 0 Å². The maximum atomic E-state index is 10.2. The zero-order valence-corrected chi connectivity index (χ0v) is 5.57. The van der Waals surface area contributed by atoms with E-state index in [4.69, 9.17) is 0 Å². The monoisotopic (exact) mass is 140 g/mol. The van der Waals surface area contributed by atoms with Crippen LogP contribution in [0.5, 0.6) is 0 Å². The standard InChI is InChI=1S/C6H8N2O2/c1-5-6(8(9)10)3-2-4-7-5/h2-5,7H,1H3. The summed E-state index contributed by atoms with van der Waals surface area (Å²) in [5, 5.41) is 13.1. The Kier molecular flexibility index (Phi) is 1.71. The van der Waals surface area contributed by atoms with E-state index in [9.17, 15) is 10.1 Å². The van der Waals surface area contributed by atoms with Crippen molar-refractivity contribution < 1.29 is 4.92 Å². The maximum Gasteiger partial charge on any atom is 0.267 e. The maximum absolute atomic E-state index is 10.2. The Bertz CT molecular complexity index is 208. The predicted octanol–water partition coefficient (Wildman–Crippen LogP) is 0.652. The first kappa shape index (κ1) is 6.80. The summed E-state index contributed by atoms with van der Waals surface area (Å²) in [6.45, 7) is 1.75. The average molecular weight is 140 g/mol. The number of hydrogen-bond donors (Lipinski definition) is 1. The molecule has 1 N–H and O–H groups in total. The number of rotatable bonds is 1. The van der Waals surface area contributed by atoms with E-state index in [-0.39, 0.29) is 16.7 Å². The Balaban J connectivity index is 2.80. The van der Waals surface area contributed by atoms with E-state index in [0.717, 1.165) is 0 Å². The summed E-state index contributed by atoms with van der Waals surface area (Å²) < 4.78 is 0. The van der Waals surface area contributed by atoms with E-state index in [2.05, 4.69) is 5.32 Å². The molecule has 10 heavy (non-hydrogen) atoms. The van der Waals surface area contributed by atoms with Crippen molar-refractivity contribution in [3.8, 4) is 0 Å². The highest BCUT2D eigenvalue weighted by atomic mass is 16.6. The molecule has 0 spiro atoms. The summed E-state index contributed by atoms with van der Waals surface area (Å²) in [5.74, 6) is 0. The van der Waals surface area contributed by atoms with Crippen LogP contribution >= 0.6 is 0 Å². The van der Waals surface area contributed by atoms with Gasteiger partial charge < -0.3 is 5.32 Å². The van der Waals surface area contributed by atoms with Gasteiger partial charge in [0, 0.05) is 6.08 Å². The van der Waals surface area contributed by atoms with Gasteiger partial charge in [0.05, 0.1) is 4.92 Å². The Morgan fingerprint density at radius 3 is 2.90 bits per heavy atom. The number of nitrogens with zero attached hydrogens (tertiary/aromatic N) is 1. The van der Waals surface area contributed by atoms with Gasteiger partial charge in [-0.1, -0.05) is 0 Å². The summed E-state index contributed by atoms with van der Waals surface area (Å²) in [5.41, 5.74) is 0.211. The highest BCUT2D eigenvalue weighted by Gasteiger charge is 2.19. The summed E-state index contributed by atoms with van der Waals surface area (Å²) >= 11 is 0. The minimum Gasteiger partial charge on any atom is -0.379 e. The van der Waals surface area contributed by atoms with Crippen molar-refractivity contribution in [3.05, 3.63) is 34.2 Å². The van der Waals surface area contributed by atoms with Gasteiger partial charge in [-0.3, -0.25) is 10.1 Å². The summed E-state index contributed by atoms with van der Waals surface area (Å²) in [6, 6.07) is -0.181. The van der Waals surface area contributed by atoms with E-state index in [0.29, 0.717) is 0 Å². The molecule has 0 aromatic heterocycles. The molecule has 4 nitrogen and oxygen atoms in total. The van der Waals surface area contributed by atoms with Crippen molar-refractivity contribution in [2.75, 3.05) is 0 Å². The van der Waals surface area contributed by atoms with Crippen LogP contribution in [0.4, 0.5) is 0 Å². The second-order valence-corrected chi connectivity index (χ2v) is 2.10. The molecule has 1 atom stereocenters. The second-order valence-electron chi connectivity index (χ2n) is 2.10. The van der Waals surface area contributed by atoms with Crippen LogP contribution in [-0.2, 0) is 0 Å². The minimum absolute atomic E-state index is 0.181. The van der Waals surface area contributed by atoms with Crippen LogP contribution < -0.4 is 5.32 Å². The molecule has 1 unspecified atom stereocenters. The molecule has 0 amide bonds. The largest absolute Gasteiger partial charge is 0.379 e. The number of nitro groups is 1. The number of allylic oxidation sites excluding steroid dienone is 2. The zero-order valence-electron chi connectivity index (χ0n) is 5.57. The van der Waals surface area contributed by atoms with Crippen LogP contribution in [-0.4, -0.2) is 11.0 Å². The van der Waals surface area contributed by atoms with Crippen molar-refractivity contribution in [2.24, 2.45) is 0 Å². The fourth-order valence-electron chi connectivity index (χ4n) is 0.795. The highest BCUT2D eigenvalue weighted by Crippen LogP contribution is 2.06. The van der Waals surface area contributed by atoms with Crippen LogP contribution in [0.2, 0.25) is 0 Å². The fraction of sp³-hybridized carbons (Fsp3) is 0.333. The molecular formula is C6H8N2O2. The number of dihydropyridines is 1. The molecule has 0 aromatic rings. The number of hydrogen-bond acceptors (Lipinski definition) is 3. The first-order valence-electron chi connectivity index (χ1n) is 2.99. The average Bonchev–Trinajstić information content (AvgIpc) is 1.88. The lowest BCUT2D eigenvalue weighted by Gasteiger charge is -2.10. The molecule has 1 heterocycles. The molecule has 0 radical (unpaired) electrons. The summed E-state index contributed by atoms with van der Waals surface area (Å²) in [6.07, 6.45) is 4.82. The van der Waals surface area contributed by atoms with Crippen molar-refractivity contribution in [2.45, 2.75) is 13.0 Å². The van der Waals surface area contributed by atoms with Gasteiger partial charge in [0.1, 0.15) is 6.04 Å². The second kappa shape index (κ2) is 2.51. The normalized spacial score (nSPS) is 23.3. The van der Waals surface area contributed by atoms with E-state index < -0.39 is 0 Å². The first-order chi connectivity index (χ1) is 4.72. The molecule has 0 aromatic carbocycles. The SMILES string of the molecule is CC1NC=CC=C1[N+](=O)[O-]. The molecule has 4 heteroatoms. The lowest BCUT2D eigenvalue weighted by molar-refractivity contribution is -0.430. The van der Waals surface area contributed by atoms with Crippen molar-refractivity contribution >= 4 is 0 Å². The molecule has 0 fully saturated rings. The van der Waals surface area contributed by atoms with Crippen molar-refractivity contribution in [1.82, 2.24) is 5.32 Å². The van der Waals surface area contributed by atoms with E-state index >= 15 is 0 Å². The molecule has 1 rings (SSSR count). The van der Waals surface area contributed by atoms with E-state index in [1.54, 1.807) is 19.2 Å². The third kappa shape index (κ3) is 1.15. The Morgan fingerprint density at radius 2 is 2.50 bits per heavy atom. The van der Waals surface area contributed by atoms with Gasteiger partial charge in [-0.25, -0.2) is 0 Å². The summed E-state index contributed by atoms with van der Waals surface area (Å²) in [7, 11) is 0. The molecule has 1 aliphatic heterocycles. The van der Waals surface area contributed by atoms with Gasteiger partial charge in [0.25, 0.3) is 5.70 Å². The third-order valence-electron chi connectivity index (χ3n) is 1.36. The Morgan fingerprint density at radius 1 is 1.80 bits per heavy atom. The van der Waals surface area contributed by atoms with Gasteiger partial charge in [0.15, 0.2) is 0 Å². The molecule has 1 aliphatic rings.